The van der Waals surface area contributed by atoms with Crippen molar-refractivity contribution < 1.29 is 51.4 Å². The van der Waals surface area contributed by atoms with Gasteiger partial charge in [-0.1, -0.05) is 31.5 Å². The van der Waals surface area contributed by atoms with Crippen molar-refractivity contribution in [1.29, 1.82) is 0 Å². The minimum Gasteiger partial charge on any atom is -0.684 e. The second-order valence-corrected chi connectivity index (χ2v) is 3.86. The summed E-state index contributed by atoms with van der Waals surface area (Å²) in [6.45, 7) is 0. The fourth-order valence-corrected chi connectivity index (χ4v) is 1.13. The van der Waals surface area contributed by atoms with E-state index in [9.17, 15) is 0 Å². The van der Waals surface area contributed by atoms with E-state index in [1.54, 1.807) is 0 Å². The Bertz CT molecular complexity index is 114. The maximum Gasteiger partial charge on any atom is 1.00 e. The zero-order valence-electron chi connectivity index (χ0n) is 8.25. The second-order valence-electron chi connectivity index (χ2n) is 2.70. The Morgan fingerprint density at radius 3 is 1.77 bits per heavy atom. The number of thiol groups is 1. The van der Waals surface area contributed by atoms with Gasteiger partial charge in [-0.05, 0) is 17.2 Å². The van der Waals surface area contributed by atoms with Gasteiger partial charge in [0.25, 0.3) is 0 Å². The third kappa shape index (κ3) is 20.0. The first-order valence-corrected chi connectivity index (χ1v) is 4.68. The zero-order valence-corrected chi connectivity index (χ0v) is 13.1. The van der Waals surface area contributed by atoms with E-state index in [0.717, 1.165) is 0 Å². The summed E-state index contributed by atoms with van der Waals surface area (Å²) in [7, 11) is 0. The van der Waals surface area contributed by atoms with Crippen LogP contribution < -0.4 is 63.3 Å². The molecule has 1 aliphatic rings. The molecule has 6 N–H and O–H groups in total. The molecule has 0 bridgehead atoms. The monoisotopic (exact) mass is 247 g/mol. The van der Waals surface area contributed by atoms with E-state index in [-0.39, 0.29) is 61.9 Å². The van der Waals surface area contributed by atoms with Crippen LogP contribution in [-0.2, 0) is 0 Å². The van der Waals surface area contributed by atoms with E-state index >= 15 is 0 Å². The van der Waals surface area contributed by atoms with Crippen LogP contribution in [0.25, 0.3) is 5.73 Å². The first-order valence-electron chi connectivity index (χ1n) is 3.83. The fourth-order valence-electron chi connectivity index (χ4n) is 1.13. The summed E-state index contributed by atoms with van der Waals surface area (Å²) in [6.07, 6.45) is 6.66. The van der Waals surface area contributed by atoms with Crippen LogP contribution in [-0.4, -0.2) is 10.4 Å². The van der Waals surface area contributed by atoms with Crippen LogP contribution in [0.4, 0.5) is 0 Å². The largest absolute Gasteiger partial charge is 1.00 e. The number of hydrogen-bond acceptors (Lipinski definition) is 3. The smallest absolute Gasteiger partial charge is 0.684 e. The average Bonchev–Trinajstić information content (AvgIpc) is 1.87. The van der Waals surface area contributed by atoms with E-state index in [1.165, 1.54) is 32.1 Å². The van der Waals surface area contributed by atoms with Crippen LogP contribution >= 0.6 is 24.8 Å². The van der Waals surface area contributed by atoms with Crippen molar-refractivity contribution in [2.24, 2.45) is 5.73 Å². The van der Waals surface area contributed by atoms with E-state index in [0.29, 0.717) is 6.04 Å². The van der Waals surface area contributed by atoms with Gasteiger partial charge in [-0.3, -0.25) is 0 Å². The molecule has 74 valence electrons. The predicted molar refractivity (Wildman–Crippen MR) is 62.0 cm³/mol. The second kappa shape index (κ2) is 13.8. The SMILES string of the molecule is N.NC1CCCCC1.[K+].[NH-]C(=S)S. The first kappa shape index (κ1) is 20.2. The van der Waals surface area contributed by atoms with Crippen LogP contribution in [0.5, 0.6) is 0 Å². The predicted octanol–water partition coefficient (Wildman–Crippen LogP) is -0.303. The Hall–Kier alpha value is 1.80. The minimum atomic E-state index is -0.0556. The first-order chi connectivity index (χ1) is 5.13. The van der Waals surface area contributed by atoms with Crippen molar-refractivity contribution in [3.05, 3.63) is 5.73 Å². The molecule has 6 heteroatoms. The maximum atomic E-state index is 6.18. The van der Waals surface area contributed by atoms with Crippen molar-refractivity contribution in [3.63, 3.8) is 0 Å². The Labute approximate surface area is 134 Å². The standard InChI is InChI=1S/C6H13N.CH3NS2.K.H3N/c7-6-4-2-1-3-5-6;2-1(3)4;;/h6H,1-5,7H2;(H3,2,3,4);;1H3/q;;+1;/p-1. The molecule has 3 nitrogen and oxygen atoms in total. The van der Waals surface area contributed by atoms with E-state index < -0.39 is 0 Å². The summed E-state index contributed by atoms with van der Waals surface area (Å²) in [5.74, 6) is 0. The molecule has 13 heavy (non-hydrogen) atoms. The molecule has 0 heterocycles. The Morgan fingerprint density at radius 1 is 1.31 bits per heavy atom. The van der Waals surface area contributed by atoms with E-state index in [1.807, 2.05) is 0 Å². The number of nitrogens with one attached hydrogen (secondary N) is 1. The number of hydrogen-bond donors (Lipinski definition) is 3. The van der Waals surface area contributed by atoms with Gasteiger partial charge in [-0.25, -0.2) is 0 Å². The van der Waals surface area contributed by atoms with E-state index in [4.69, 9.17) is 11.5 Å². The summed E-state index contributed by atoms with van der Waals surface area (Å²) < 4.78 is -0.0556. The van der Waals surface area contributed by atoms with Crippen LogP contribution in [0.1, 0.15) is 32.1 Å². The number of rotatable bonds is 0. The number of thiocarbonyl (C=S) groups is 1. The van der Waals surface area contributed by atoms with Crippen LogP contribution in [0.2, 0.25) is 0 Å². The third-order valence-corrected chi connectivity index (χ3v) is 1.65. The Balaban J connectivity index is -0.000000150. The van der Waals surface area contributed by atoms with Gasteiger partial charge < -0.3 is 17.6 Å². The molecule has 1 rings (SSSR count). The quantitative estimate of drug-likeness (QED) is 0.312. The van der Waals surface area contributed by atoms with Gasteiger partial charge in [0, 0.05) is 6.04 Å². The molecule has 0 aromatic rings. The van der Waals surface area contributed by atoms with E-state index in [2.05, 4.69) is 24.8 Å². The molecular formula is C7H18KN3S2. The van der Waals surface area contributed by atoms with Crippen molar-refractivity contribution >= 4 is 29.2 Å². The van der Waals surface area contributed by atoms with Crippen molar-refractivity contribution in [1.82, 2.24) is 6.15 Å². The molecule has 0 amide bonds. The molecule has 0 radical (unpaired) electrons. The van der Waals surface area contributed by atoms with Gasteiger partial charge in [0.05, 0.1) is 0 Å². The molecule has 0 aliphatic heterocycles. The van der Waals surface area contributed by atoms with Crippen molar-refractivity contribution in [3.8, 4) is 0 Å². The molecule has 1 fully saturated rings. The maximum absolute atomic E-state index is 6.18. The molecule has 1 saturated carbocycles. The van der Waals surface area contributed by atoms with Crippen molar-refractivity contribution in [2.45, 2.75) is 38.1 Å². The Morgan fingerprint density at radius 2 is 1.62 bits per heavy atom. The molecule has 1 aliphatic carbocycles. The molecule has 0 spiro atoms. The summed E-state index contributed by atoms with van der Waals surface area (Å²) in [6, 6.07) is 0.536. The van der Waals surface area contributed by atoms with Gasteiger partial charge in [-0.15, -0.1) is 0 Å². The average molecular weight is 247 g/mol. The van der Waals surface area contributed by atoms with Crippen LogP contribution in [0.3, 0.4) is 0 Å². The summed E-state index contributed by atoms with van der Waals surface area (Å²) >= 11 is 7.43. The van der Waals surface area contributed by atoms with Crippen molar-refractivity contribution in [2.75, 3.05) is 0 Å². The van der Waals surface area contributed by atoms with Gasteiger partial charge in [0.1, 0.15) is 0 Å². The summed E-state index contributed by atoms with van der Waals surface area (Å²) in [5.41, 5.74) is 11.8. The molecule has 0 saturated heterocycles. The van der Waals surface area contributed by atoms with Gasteiger partial charge in [0.2, 0.25) is 0 Å². The van der Waals surface area contributed by atoms with Crippen LogP contribution in [0.15, 0.2) is 0 Å². The fraction of sp³-hybridized carbons (Fsp3) is 0.857. The molecule has 0 atom stereocenters. The zero-order chi connectivity index (χ0) is 8.69. The molecule has 0 aromatic heterocycles. The number of nitrogens with two attached hydrogens (primary N) is 1. The third-order valence-electron chi connectivity index (χ3n) is 1.65. The minimum absolute atomic E-state index is 0. The van der Waals surface area contributed by atoms with Gasteiger partial charge >= 0.3 is 51.4 Å². The topological polar surface area (TPSA) is 84.8 Å². The van der Waals surface area contributed by atoms with Gasteiger partial charge in [-0.2, -0.15) is 12.6 Å². The normalized spacial score (nSPS) is 15.5. The molecule has 0 aromatic carbocycles. The summed E-state index contributed by atoms with van der Waals surface area (Å²) in [4.78, 5) is 0. The molecule has 0 unspecified atom stereocenters. The van der Waals surface area contributed by atoms with Crippen LogP contribution in [0, 0.1) is 0 Å². The van der Waals surface area contributed by atoms with Gasteiger partial charge in [0.15, 0.2) is 0 Å². The Kier molecular flexibility index (Phi) is 21.5. The molecular weight excluding hydrogens is 229 g/mol. The summed E-state index contributed by atoms with van der Waals surface area (Å²) in [5, 5.41) is 0.